The number of imidazole rings is 1. The van der Waals surface area contributed by atoms with E-state index in [0.717, 1.165) is 55.3 Å². The van der Waals surface area contributed by atoms with Gasteiger partial charge in [-0.15, -0.1) is 11.8 Å². The number of para-hydroxylation sites is 2. The van der Waals surface area contributed by atoms with E-state index >= 15 is 0 Å². The highest BCUT2D eigenvalue weighted by Crippen LogP contribution is 2.20. The number of benzene rings is 1. The zero-order valence-corrected chi connectivity index (χ0v) is 16.0. The van der Waals surface area contributed by atoms with Crippen molar-refractivity contribution in [2.75, 3.05) is 36.8 Å². The standard InChI is InChI=1S/C19H28N4OS/c1-3-4-14-25-15(2)18(24)22-10-7-11-23(13-12-22)19-20-16-8-5-6-9-17(16)21-19/h5-6,8-9,15H,3-4,7,10-14H2,1-2H3,(H,20,21). The van der Waals surface area contributed by atoms with E-state index in [2.05, 4.69) is 22.9 Å². The number of rotatable bonds is 6. The second-order valence-corrected chi connectivity index (χ2v) is 8.06. The summed E-state index contributed by atoms with van der Waals surface area (Å²) in [5, 5.41) is 0.0595. The number of amides is 1. The molecule has 1 aromatic heterocycles. The lowest BCUT2D eigenvalue weighted by Gasteiger charge is -2.24. The Balaban J connectivity index is 1.59. The Morgan fingerprint density at radius 3 is 2.92 bits per heavy atom. The first-order valence-corrected chi connectivity index (χ1v) is 10.3. The zero-order chi connectivity index (χ0) is 17.6. The molecule has 1 aliphatic heterocycles. The molecule has 0 bridgehead atoms. The SMILES string of the molecule is CCCCSC(C)C(=O)N1CCCN(c2nc3ccccc3[nH]2)CC1. The van der Waals surface area contributed by atoms with Gasteiger partial charge in [0.1, 0.15) is 0 Å². The molecule has 1 unspecified atom stereocenters. The molecule has 25 heavy (non-hydrogen) atoms. The van der Waals surface area contributed by atoms with Gasteiger partial charge in [-0.1, -0.05) is 25.5 Å². The van der Waals surface area contributed by atoms with Crippen LogP contribution in [0.1, 0.15) is 33.1 Å². The predicted molar refractivity (Wildman–Crippen MR) is 106 cm³/mol. The average Bonchev–Trinajstić information content (AvgIpc) is 2.90. The van der Waals surface area contributed by atoms with Crippen molar-refractivity contribution in [3.05, 3.63) is 24.3 Å². The van der Waals surface area contributed by atoms with Crippen molar-refractivity contribution in [1.29, 1.82) is 0 Å². The molecule has 6 heteroatoms. The molecule has 1 atom stereocenters. The molecule has 1 aromatic carbocycles. The Morgan fingerprint density at radius 1 is 1.28 bits per heavy atom. The number of carbonyl (C=O) groups is 1. The Kier molecular flexibility index (Phi) is 6.24. The lowest BCUT2D eigenvalue weighted by molar-refractivity contribution is -0.130. The topological polar surface area (TPSA) is 52.2 Å². The van der Waals surface area contributed by atoms with Crippen LogP contribution in [0.3, 0.4) is 0 Å². The number of fused-ring (bicyclic) bond motifs is 1. The average molecular weight is 361 g/mol. The smallest absolute Gasteiger partial charge is 0.235 e. The van der Waals surface area contributed by atoms with Gasteiger partial charge in [-0.3, -0.25) is 4.79 Å². The molecule has 3 rings (SSSR count). The molecule has 0 saturated carbocycles. The largest absolute Gasteiger partial charge is 0.341 e. The molecule has 0 spiro atoms. The van der Waals surface area contributed by atoms with Gasteiger partial charge in [0.15, 0.2) is 0 Å². The number of aromatic nitrogens is 2. The Hall–Kier alpha value is -1.69. The van der Waals surface area contributed by atoms with E-state index in [4.69, 9.17) is 4.98 Å². The minimum atomic E-state index is 0.0595. The van der Waals surface area contributed by atoms with Crippen LogP contribution in [0.4, 0.5) is 5.95 Å². The van der Waals surface area contributed by atoms with E-state index in [-0.39, 0.29) is 11.2 Å². The summed E-state index contributed by atoms with van der Waals surface area (Å²) in [7, 11) is 0. The summed E-state index contributed by atoms with van der Waals surface area (Å²) in [6.45, 7) is 7.61. The van der Waals surface area contributed by atoms with Crippen LogP contribution in [-0.4, -0.2) is 58.0 Å². The minimum Gasteiger partial charge on any atom is -0.341 e. The molecule has 1 aliphatic rings. The van der Waals surface area contributed by atoms with Gasteiger partial charge < -0.3 is 14.8 Å². The molecule has 2 aromatic rings. The highest BCUT2D eigenvalue weighted by atomic mass is 32.2. The number of anilines is 1. The second-order valence-electron chi connectivity index (χ2n) is 6.61. The number of nitrogens with zero attached hydrogens (tertiary/aromatic N) is 3. The van der Waals surface area contributed by atoms with Crippen LogP contribution in [0.5, 0.6) is 0 Å². The van der Waals surface area contributed by atoms with Crippen molar-refractivity contribution < 1.29 is 4.79 Å². The van der Waals surface area contributed by atoms with Crippen LogP contribution in [0, 0.1) is 0 Å². The third kappa shape index (κ3) is 4.48. The number of carbonyl (C=O) groups excluding carboxylic acids is 1. The molecule has 1 fully saturated rings. The van der Waals surface area contributed by atoms with Crippen molar-refractivity contribution >= 4 is 34.7 Å². The minimum absolute atomic E-state index is 0.0595. The molecular weight excluding hydrogens is 332 g/mol. The number of aromatic amines is 1. The van der Waals surface area contributed by atoms with Gasteiger partial charge in [0.05, 0.1) is 16.3 Å². The molecule has 1 N–H and O–H groups in total. The Bertz CT molecular complexity index is 669. The first kappa shape index (κ1) is 18.1. The van der Waals surface area contributed by atoms with Crippen LogP contribution in [0.25, 0.3) is 11.0 Å². The third-order valence-corrected chi connectivity index (χ3v) is 5.92. The number of hydrogen-bond acceptors (Lipinski definition) is 4. The van der Waals surface area contributed by atoms with E-state index in [1.54, 1.807) is 11.8 Å². The number of nitrogens with one attached hydrogen (secondary N) is 1. The molecule has 136 valence electrons. The van der Waals surface area contributed by atoms with Crippen LogP contribution in [-0.2, 0) is 4.79 Å². The first-order valence-electron chi connectivity index (χ1n) is 9.29. The molecular formula is C19H28N4OS. The van der Waals surface area contributed by atoms with Gasteiger partial charge >= 0.3 is 0 Å². The summed E-state index contributed by atoms with van der Waals surface area (Å²) >= 11 is 1.79. The summed E-state index contributed by atoms with van der Waals surface area (Å²) in [5.74, 6) is 2.27. The Morgan fingerprint density at radius 2 is 2.12 bits per heavy atom. The van der Waals surface area contributed by atoms with Crippen molar-refractivity contribution in [2.45, 2.75) is 38.4 Å². The lowest BCUT2D eigenvalue weighted by atomic mass is 10.3. The van der Waals surface area contributed by atoms with E-state index < -0.39 is 0 Å². The van der Waals surface area contributed by atoms with Gasteiger partial charge in [-0.25, -0.2) is 4.98 Å². The van der Waals surface area contributed by atoms with Crippen molar-refractivity contribution in [3.63, 3.8) is 0 Å². The highest BCUT2D eigenvalue weighted by molar-refractivity contribution is 8.00. The maximum absolute atomic E-state index is 12.7. The van der Waals surface area contributed by atoms with Gasteiger partial charge in [0.2, 0.25) is 11.9 Å². The van der Waals surface area contributed by atoms with Crippen LogP contribution in [0.15, 0.2) is 24.3 Å². The fourth-order valence-electron chi connectivity index (χ4n) is 3.17. The maximum Gasteiger partial charge on any atom is 0.235 e. The number of unbranched alkanes of at least 4 members (excludes halogenated alkanes) is 1. The summed E-state index contributed by atoms with van der Waals surface area (Å²) in [6.07, 6.45) is 3.35. The Labute approximate surface area is 154 Å². The van der Waals surface area contributed by atoms with Crippen molar-refractivity contribution in [2.24, 2.45) is 0 Å². The number of hydrogen-bond donors (Lipinski definition) is 1. The number of H-pyrrole nitrogens is 1. The lowest BCUT2D eigenvalue weighted by Crippen LogP contribution is -2.39. The van der Waals surface area contributed by atoms with Gasteiger partial charge in [0.25, 0.3) is 0 Å². The van der Waals surface area contributed by atoms with Crippen LogP contribution >= 0.6 is 11.8 Å². The van der Waals surface area contributed by atoms with E-state index in [0.29, 0.717) is 0 Å². The summed E-state index contributed by atoms with van der Waals surface area (Å²) in [5.41, 5.74) is 2.06. The van der Waals surface area contributed by atoms with Crippen molar-refractivity contribution in [1.82, 2.24) is 14.9 Å². The van der Waals surface area contributed by atoms with Gasteiger partial charge in [0, 0.05) is 26.2 Å². The van der Waals surface area contributed by atoms with Gasteiger partial charge in [-0.05, 0) is 37.7 Å². The highest BCUT2D eigenvalue weighted by Gasteiger charge is 2.24. The van der Waals surface area contributed by atoms with E-state index in [9.17, 15) is 4.79 Å². The van der Waals surface area contributed by atoms with Gasteiger partial charge in [-0.2, -0.15) is 0 Å². The maximum atomic E-state index is 12.7. The normalized spacial score (nSPS) is 16.9. The molecule has 5 nitrogen and oxygen atoms in total. The fraction of sp³-hybridized carbons (Fsp3) is 0.579. The predicted octanol–water partition coefficient (Wildman–Crippen LogP) is 3.52. The van der Waals surface area contributed by atoms with Crippen LogP contribution in [0.2, 0.25) is 0 Å². The second kappa shape index (κ2) is 8.61. The zero-order valence-electron chi connectivity index (χ0n) is 15.2. The number of thioether (sulfide) groups is 1. The quantitative estimate of drug-likeness (QED) is 0.801. The third-order valence-electron chi connectivity index (χ3n) is 4.70. The molecule has 1 amide bonds. The van der Waals surface area contributed by atoms with Crippen LogP contribution < -0.4 is 4.90 Å². The molecule has 0 radical (unpaired) electrons. The summed E-state index contributed by atoms with van der Waals surface area (Å²) < 4.78 is 0. The monoisotopic (exact) mass is 360 g/mol. The van der Waals surface area contributed by atoms with E-state index in [1.807, 2.05) is 30.0 Å². The fourth-order valence-corrected chi connectivity index (χ4v) is 4.27. The first-order chi connectivity index (χ1) is 12.2. The summed E-state index contributed by atoms with van der Waals surface area (Å²) in [6, 6.07) is 8.10. The summed E-state index contributed by atoms with van der Waals surface area (Å²) in [4.78, 5) is 25.1. The van der Waals surface area contributed by atoms with Crippen molar-refractivity contribution in [3.8, 4) is 0 Å². The molecule has 0 aliphatic carbocycles. The van der Waals surface area contributed by atoms with E-state index in [1.165, 1.54) is 12.8 Å². The molecule has 1 saturated heterocycles. The molecule has 2 heterocycles.